The van der Waals surface area contributed by atoms with E-state index in [0.717, 1.165) is 70.7 Å². The zero-order valence-electron chi connectivity index (χ0n) is 20.6. The van der Waals surface area contributed by atoms with Gasteiger partial charge in [0.2, 0.25) is 0 Å². The number of nitrogens with two attached hydrogens (primary N) is 2. The van der Waals surface area contributed by atoms with Crippen LogP contribution in [-0.2, 0) is 6.42 Å². The lowest BCUT2D eigenvalue weighted by Gasteiger charge is -2.18. The number of nitrogens with zero attached hydrogens (tertiary/aromatic N) is 5. The van der Waals surface area contributed by atoms with Crippen molar-refractivity contribution in [3.63, 3.8) is 0 Å². The lowest BCUT2D eigenvalue weighted by atomic mass is 10.1. The Morgan fingerprint density at radius 2 is 1.97 bits per heavy atom. The summed E-state index contributed by atoms with van der Waals surface area (Å²) in [7, 11) is 0. The SMILES string of the molecule is CCc1[nH]c2nc(Sc3ccc4cc(C(=O)N5CC[C@@H](N)C5)cnc4c3)nc(N3CC[C@@H](N)C3)c2c1Cl. The first-order chi connectivity index (χ1) is 17.9. The zero-order valence-corrected chi connectivity index (χ0v) is 22.1. The molecule has 4 aromatic rings. The largest absolute Gasteiger partial charge is 0.354 e. The maximum atomic E-state index is 12.8. The summed E-state index contributed by atoms with van der Waals surface area (Å²) >= 11 is 8.19. The fourth-order valence-electron chi connectivity index (χ4n) is 5.11. The molecule has 2 aliphatic rings. The highest BCUT2D eigenvalue weighted by Gasteiger charge is 2.27. The summed E-state index contributed by atoms with van der Waals surface area (Å²) in [5.74, 6) is 0.804. The van der Waals surface area contributed by atoms with Gasteiger partial charge in [0.15, 0.2) is 5.16 Å². The molecule has 3 aromatic heterocycles. The number of carbonyl (C=O) groups is 1. The number of anilines is 1. The van der Waals surface area contributed by atoms with Crippen molar-refractivity contribution in [2.24, 2.45) is 11.5 Å². The summed E-state index contributed by atoms with van der Waals surface area (Å²) in [5.41, 5.74) is 15.2. The number of H-pyrrole nitrogens is 1. The van der Waals surface area contributed by atoms with Crippen molar-refractivity contribution in [2.75, 3.05) is 31.1 Å². The summed E-state index contributed by atoms with van der Waals surface area (Å²) in [6.07, 6.45) is 4.18. The molecule has 0 radical (unpaired) electrons. The van der Waals surface area contributed by atoms with Gasteiger partial charge in [0, 0.05) is 60.4 Å². The molecule has 11 heteroatoms. The summed E-state index contributed by atoms with van der Waals surface area (Å²) in [5, 5.41) is 3.07. The number of hydrogen-bond acceptors (Lipinski definition) is 8. The number of carbonyl (C=O) groups excluding carboxylic acids is 1. The highest BCUT2D eigenvalue weighted by Crippen LogP contribution is 2.38. The minimum atomic E-state index is -0.0206. The van der Waals surface area contributed by atoms with Gasteiger partial charge in [-0.15, -0.1) is 0 Å². The fourth-order valence-corrected chi connectivity index (χ4v) is 6.25. The molecule has 2 aliphatic heterocycles. The van der Waals surface area contributed by atoms with Crippen molar-refractivity contribution >= 4 is 57.0 Å². The van der Waals surface area contributed by atoms with E-state index in [-0.39, 0.29) is 18.0 Å². The highest BCUT2D eigenvalue weighted by molar-refractivity contribution is 7.99. The smallest absolute Gasteiger partial charge is 0.255 e. The van der Waals surface area contributed by atoms with Crippen LogP contribution in [-0.4, -0.2) is 69.0 Å². The second kappa shape index (κ2) is 9.75. The number of hydrogen-bond donors (Lipinski definition) is 3. The first-order valence-electron chi connectivity index (χ1n) is 12.6. The molecule has 5 heterocycles. The van der Waals surface area contributed by atoms with Crippen LogP contribution >= 0.6 is 23.4 Å². The Labute approximate surface area is 224 Å². The van der Waals surface area contributed by atoms with E-state index in [1.807, 2.05) is 24.3 Å². The molecule has 1 aromatic carbocycles. The van der Waals surface area contributed by atoms with Crippen LogP contribution in [0.5, 0.6) is 0 Å². The van der Waals surface area contributed by atoms with Gasteiger partial charge in [-0.25, -0.2) is 9.97 Å². The molecule has 9 nitrogen and oxygen atoms in total. The van der Waals surface area contributed by atoms with E-state index < -0.39 is 0 Å². The van der Waals surface area contributed by atoms with Crippen LogP contribution in [0.3, 0.4) is 0 Å². The van der Waals surface area contributed by atoms with Crippen molar-refractivity contribution in [1.29, 1.82) is 0 Å². The molecule has 6 rings (SSSR count). The molecule has 0 aliphatic carbocycles. The molecular formula is C26H29ClN8OS. The van der Waals surface area contributed by atoms with E-state index in [9.17, 15) is 4.79 Å². The van der Waals surface area contributed by atoms with Gasteiger partial charge in [0.05, 0.1) is 21.5 Å². The number of aromatic amines is 1. The van der Waals surface area contributed by atoms with Crippen molar-refractivity contribution < 1.29 is 4.79 Å². The fraction of sp³-hybridized carbons (Fsp3) is 0.385. The van der Waals surface area contributed by atoms with Crippen LogP contribution in [0.25, 0.3) is 21.9 Å². The first-order valence-corrected chi connectivity index (χ1v) is 13.8. The number of rotatable bonds is 5. The number of pyridine rings is 1. The Morgan fingerprint density at radius 1 is 1.16 bits per heavy atom. The minimum Gasteiger partial charge on any atom is -0.354 e. The molecule has 0 saturated carbocycles. The molecule has 0 spiro atoms. The number of aryl methyl sites for hydroxylation is 1. The Morgan fingerprint density at radius 3 is 2.70 bits per heavy atom. The summed E-state index contributed by atoms with van der Waals surface area (Å²) < 4.78 is 0. The second-order valence-corrected chi connectivity index (χ2v) is 11.2. The van der Waals surface area contributed by atoms with Crippen molar-refractivity contribution in [3.05, 3.63) is 46.7 Å². The number of likely N-dealkylation sites (tertiary alicyclic amines) is 1. The summed E-state index contributed by atoms with van der Waals surface area (Å²) in [4.78, 5) is 35.5. The van der Waals surface area contributed by atoms with Gasteiger partial charge in [-0.3, -0.25) is 9.78 Å². The van der Waals surface area contributed by atoms with Gasteiger partial charge in [0.25, 0.3) is 5.91 Å². The summed E-state index contributed by atoms with van der Waals surface area (Å²) in [6, 6.07) is 8.06. The monoisotopic (exact) mass is 536 g/mol. The average Bonchev–Trinajstić information content (AvgIpc) is 3.61. The molecule has 5 N–H and O–H groups in total. The average molecular weight is 537 g/mol. The Kier molecular flexibility index (Phi) is 6.44. The number of fused-ring (bicyclic) bond motifs is 2. The number of amides is 1. The molecule has 2 fully saturated rings. The van der Waals surface area contributed by atoms with Crippen LogP contribution < -0.4 is 16.4 Å². The topological polar surface area (TPSA) is 130 Å². The lowest BCUT2D eigenvalue weighted by molar-refractivity contribution is 0.0790. The second-order valence-electron chi connectivity index (χ2n) is 9.80. The van der Waals surface area contributed by atoms with Crippen LogP contribution in [0.4, 0.5) is 5.82 Å². The number of aromatic nitrogens is 4. The molecule has 1 amide bonds. The molecule has 0 unspecified atom stereocenters. The van der Waals surface area contributed by atoms with E-state index in [4.69, 9.17) is 33.0 Å². The predicted octanol–water partition coefficient (Wildman–Crippen LogP) is 3.58. The maximum Gasteiger partial charge on any atom is 0.255 e. The quantitative estimate of drug-likeness (QED) is 0.330. The van der Waals surface area contributed by atoms with E-state index in [2.05, 4.69) is 21.8 Å². The normalized spacial score (nSPS) is 20.0. The number of benzene rings is 1. The Hall–Kier alpha value is -2.92. The maximum absolute atomic E-state index is 12.8. The highest BCUT2D eigenvalue weighted by atomic mass is 35.5. The van der Waals surface area contributed by atoms with E-state index >= 15 is 0 Å². The molecule has 37 heavy (non-hydrogen) atoms. The van der Waals surface area contributed by atoms with Crippen LogP contribution in [0.15, 0.2) is 40.5 Å². The van der Waals surface area contributed by atoms with Gasteiger partial charge in [-0.2, -0.15) is 0 Å². The molecule has 2 saturated heterocycles. The molecule has 0 bridgehead atoms. The third kappa shape index (κ3) is 4.63. The molecule has 2 atom stereocenters. The third-order valence-corrected chi connectivity index (χ3v) is 8.40. The summed E-state index contributed by atoms with van der Waals surface area (Å²) in [6.45, 7) is 4.92. The first kappa shape index (κ1) is 24.4. The standard InChI is InChI=1S/C26H29ClN8OS/c1-2-19-22(27)21-23(31-19)32-26(33-24(21)34-7-5-16(28)12-34)37-18-4-3-14-9-15(11-30-20(14)10-18)25(36)35-8-6-17(29)13-35/h3-4,9-11,16-17H,2,5-8,12-13,28-29H2,1H3,(H,31,32,33)/t16-,17-/m1/s1. The van der Waals surface area contributed by atoms with Gasteiger partial charge in [-0.05, 0) is 49.2 Å². The molecule has 192 valence electrons. The van der Waals surface area contributed by atoms with Gasteiger partial charge in [-0.1, -0.05) is 24.6 Å². The van der Waals surface area contributed by atoms with Crippen molar-refractivity contribution in [3.8, 4) is 0 Å². The van der Waals surface area contributed by atoms with E-state index in [1.165, 1.54) is 11.8 Å². The van der Waals surface area contributed by atoms with Crippen LogP contribution in [0, 0.1) is 0 Å². The Balaban J connectivity index is 1.31. The van der Waals surface area contributed by atoms with Gasteiger partial charge in [0.1, 0.15) is 11.5 Å². The Bertz CT molecular complexity index is 1510. The van der Waals surface area contributed by atoms with Gasteiger partial charge >= 0.3 is 0 Å². The van der Waals surface area contributed by atoms with Crippen molar-refractivity contribution in [1.82, 2.24) is 24.8 Å². The number of halogens is 1. The van der Waals surface area contributed by atoms with Crippen molar-refractivity contribution in [2.45, 2.75) is 48.3 Å². The van der Waals surface area contributed by atoms with Crippen LogP contribution in [0.2, 0.25) is 5.02 Å². The van der Waals surface area contributed by atoms with Gasteiger partial charge < -0.3 is 26.3 Å². The minimum absolute atomic E-state index is 0.0206. The zero-order chi connectivity index (χ0) is 25.7. The van der Waals surface area contributed by atoms with Crippen LogP contribution in [0.1, 0.15) is 35.8 Å². The third-order valence-electron chi connectivity index (χ3n) is 7.12. The number of nitrogens with one attached hydrogen (secondary N) is 1. The van der Waals surface area contributed by atoms with E-state index in [0.29, 0.717) is 28.8 Å². The molecular weight excluding hydrogens is 508 g/mol. The lowest BCUT2D eigenvalue weighted by Crippen LogP contribution is -2.31. The predicted molar refractivity (Wildman–Crippen MR) is 147 cm³/mol. The van der Waals surface area contributed by atoms with E-state index in [1.54, 1.807) is 11.1 Å².